The van der Waals surface area contributed by atoms with E-state index >= 15 is 0 Å². The van der Waals surface area contributed by atoms with Crippen molar-refractivity contribution in [3.63, 3.8) is 0 Å². The fourth-order valence-corrected chi connectivity index (χ4v) is 3.56. The summed E-state index contributed by atoms with van der Waals surface area (Å²) < 4.78 is 0. The third kappa shape index (κ3) is 4.95. The normalized spacial score (nSPS) is 10.6. The van der Waals surface area contributed by atoms with Crippen LogP contribution in [-0.4, -0.2) is 17.0 Å². The van der Waals surface area contributed by atoms with Gasteiger partial charge in [0.1, 0.15) is 0 Å². The van der Waals surface area contributed by atoms with Crippen LogP contribution in [0.2, 0.25) is 0 Å². The average molecular weight is 402 g/mol. The lowest BCUT2D eigenvalue weighted by Gasteiger charge is -2.23. The summed E-state index contributed by atoms with van der Waals surface area (Å²) in [5, 5.41) is 9.60. The van der Waals surface area contributed by atoms with Gasteiger partial charge in [-0.05, 0) is 47.7 Å². The first-order valence-electron chi connectivity index (χ1n) is 10.3. The van der Waals surface area contributed by atoms with Crippen LogP contribution in [0.5, 0.6) is 0 Å². The maximum atomic E-state index is 12.8. The number of amides is 1. The summed E-state index contributed by atoms with van der Waals surface area (Å²) in [6.07, 6.45) is 2.37. The molecule has 1 N–H and O–H groups in total. The Kier molecular flexibility index (Phi) is 7.02. The molecule has 0 aliphatic heterocycles. The molecule has 3 aromatic rings. The van der Waals surface area contributed by atoms with Gasteiger partial charge in [-0.15, -0.1) is 0 Å². The van der Waals surface area contributed by atoms with Gasteiger partial charge in [0, 0.05) is 12.1 Å². The monoisotopic (exact) mass is 401 g/mol. The summed E-state index contributed by atoms with van der Waals surface area (Å²) in [4.78, 5) is 26.3. The highest BCUT2D eigenvalue weighted by Gasteiger charge is 2.17. The van der Waals surface area contributed by atoms with E-state index in [1.165, 1.54) is 0 Å². The Balaban J connectivity index is 1.87. The minimum atomic E-state index is -0.927. The predicted molar refractivity (Wildman–Crippen MR) is 121 cm³/mol. The topological polar surface area (TPSA) is 57.6 Å². The smallest absolute Gasteiger partial charge is 0.336 e. The molecule has 0 atom stereocenters. The molecule has 3 rings (SSSR count). The summed E-state index contributed by atoms with van der Waals surface area (Å²) in [5.41, 5.74) is 4.50. The number of benzene rings is 3. The third-order valence-corrected chi connectivity index (χ3v) is 5.21. The van der Waals surface area contributed by atoms with Crippen molar-refractivity contribution >= 4 is 17.6 Å². The molecular weight excluding hydrogens is 374 g/mol. The number of rotatable bonds is 8. The number of aryl methyl sites for hydroxylation is 1. The number of carbonyl (C=O) groups is 2. The lowest BCUT2D eigenvalue weighted by atomic mass is 9.95. The zero-order chi connectivity index (χ0) is 21.5. The van der Waals surface area contributed by atoms with Gasteiger partial charge in [-0.25, -0.2) is 4.79 Å². The van der Waals surface area contributed by atoms with Gasteiger partial charge >= 0.3 is 5.97 Å². The Bertz CT molecular complexity index is 1010. The molecule has 0 spiro atoms. The zero-order valence-electron chi connectivity index (χ0n) is 17.5. The highest BCUT2D eigenvalue weighted by atomic mass is 16.4. The molecule has 0 saturated carbocycles. The van der Waals surface area contributed by atoms with Gasteiger partial charge < -0.3 is 10.0 Å². The van der Waals surface area contributed by atoms with Crippen LogP contribution in [0.1, 0.15) is 47.7 Å². The molecule has 0 radical (unpaired) electrons. The van der Waals surface area contributed by atoms with Crippen molar-refractivity contribution in [2.75, 3.05) is 4.90 Å². The molecular formula is C26H27NO3. The summed E-state index contributed by atoms with van der Waals surface area (Å²) in [5.74, 6) is -0.817. The van der Waals surface area contributed by atoms with Gasteiger partial charge in [-0.3, -0.25) is 4.79 Å². The Hall–Kier alpha value is -3.40. The molecule has 0 aliphatic carbocycles. The number of para-hydroxylation sites is 1. The van der Waals surface area contributed by atoms with Crippen LogP contribution < -0.4 is 4.90 Å². The number of nitrogens with zero attached hydrogens (tertiary/aromatic N) is 1. The highest BCUT2D eigenvalue weighted by molar-refractivity contribution is 5.97. The number of carboxylic acid groups (broad SMARTS) is 1. The molecule has 0 unspecified atom stereocenters. The number of carbonyl (C=O) groups excluding carboxylic acids is 1. The molecule has 4 nitrogen and oxygen atoms in total. The van der Waals surface area contributed by atoms with Crippen LogP contribution in [0.15, 0.2) is 72.8 Å². The van der Waals surface area contributed by atoms with E-state index in [9.17, 15) is 14.7 Å². The largest absolute Gasteiger partial charge is 0.478 e. The maximum absolute atomic E-state index is 12.8. The van der Waals surface area contributed by atoms with E-state index in [4.69, 9.17) is 0 Å². The van der Waals surface area contributed by atoms with Crippen molar-refractivity contribution in [3.8, 4) is 11.1 Å². The van der Waals surface area contributed by atoms with Crippen LogP contribution in [0, 0.1) is 6.92 Å². The van der Waals surface area contributed by atoms with Crippen LogP contribution >= 0.6 is 0 Å². The van der Waals surface area contributed by atoms with Crippen molar-refractivity contribution in [3.05, 3.63) is 89.5 Å². The van der Waals surface area contributed by atoms with Gasteiger partial charge in [-0.1, -0.05) is 74.0 Å². The highest BCUT2D eigenvalue weighted by Crippen LogP contribution is 2.27. The average Bonchev–Trinajstić information content (AvgIpc) is 2.76. The van der Waals surface area contributed by atoms with Gasteiger partial charge in [0.15, 0.2) is 0 Å². The Morgan fingerprint density at radius 2 is 1.60 bits per heavy atom. The van der Waals surface area contributed by atoms with Crippen molar-refractivity contribution in [2.24, 2.45) is 0 Å². The van der Waals surface area contributed by atoms with Crippen LogP contribution in [0.25, 0.3) is 11.1 Å². The molecule has 154 valence electrons. The van der Waals surface area contributed by atoms with E-state index in [1.54, 1.807) is 13.0 Å². The van der Waals surface area contributed by atoms with E-state index in [2.05, 4.69) is 6.92 Å². The third-order valence-electron chi connectivity index (χ3n) is 5.21. The molecule has 1 amide bonds. The second-order valence-corrected chi connectivity index (χ2v) is 7.42. The molecule has 0 aliphatic rings. The molecule has 3 aromatic carbocycles. The first-order valence-corrected chi connectivity index (χ1v) is 10.3. The molecule has 4 heteroatoms. The van der Waals surface area contributed by atoms with Gasteiger partial charge in [0.25, 0.3) is 0 Å². The first-order chi connectivity index (χ1) is 14.5. The van der Waals surface area contributed by atoms with E-state index in [0.717, 1.165) is 35.2 Å². The summed E-state index contributed by atoms with van der Waals surface area (Å²) in [7, 11) is 0. The van der Waals surface area contributed by atoms with E-state index in [1.807, 2.05) is 71.6 Å². The number of unbranched alkanes of at least 4 members (excludes halogenated alkanes) is 1. The predicted octanol–water partition coefficient (Wildman–Crippen LogP) is 6.08. The molecule has 0 aromatic heterocycles. The van der Waals surface area contributed by atoms with Gasteiger partial charge in [0.05, 0.1) is 12.1 Å². The standard InChI is InChI=1S/C26H27NO3/c1-3-4-13-24(28)27(22-10-6-5-7-11-22)18-20-14-16-21(17-15-20)23-12-8-9-19(2)25(23)26(29)30/h5-12,14-17H,3-4,13,18H2,1-2H3,(H,29,30). The minimum Gasteiger partial charge on any atom is -0.478 e. The van der Waals surface area contributed by atoms with Crippen LogP contribution in [0.3, 0.4) is 0 Å². The Morgan fingerprint density at radius 1 is 0.900 bits per heavy atom. The van der Waals surface area contributed by atoms with Gasteiger partial charge in [-0.2, -0.15) is 0 Å². The van der Waals surface area contributed by atoms with Crippen molar-refractivity contribution < 1.29 is 14.7 Å². The zero-order valence-corrected chi connectivity index (χ0v) is 17.5. The number of aromatic carboxylic acids is 1. The fourth-order valence-electron chi connectivity index (χ4n) is 3.56. The Morgan fingerprint density at radius 3 is 2.23 bits per heavy atom. The van der Waals surface area contributed by atoms with Crippen molar-refractivity contribution in [1.82, 2.24) is 0 Å². The molecule has 30 heavy (non-hydrogen) atoms. The number of carboxylic acids is 1. The lowest BCUT2D eigenvalue weighted by Crippen LogP contribution is -2.30. The van der Waals surface area contributed by atoms with Crippen LogP contribution in [0.4, 0.5) is 5.69 Å². The number of hydrogen-bond acceptors (Lipinski definition) is 2. The minimum absolute atomic E-state index is 0.110. The second-order valence-electron chi connectivity index (χ2n) is 7.42. The first kappa shape index (κ1) is 21.3. The van der Waals surface area contributed by atoms with Crippen molar-refractivity contribution in [1.29, 1.82) is 0 Å². The van der Waals surface area contributed by atoms with Crippen molar-refractivity contribution in [2.45, 2.75) is 39.7 Å². The molecule has 0 fully saturated rings. The fraction of sp³-hybridized carbons (Fsp3) is 0.231. The quantitative estimate of drug-likeness (QED) is 0.497. The number of anilines is 1. The second kappa shape index (κ2) is 9.88. The maximum Gasteiger partial charge on any atom is 0.336 e. The molecule has 0 saturated heterocycles. The summed E-state index contributed by atoms with van der Waals surface area (Å²) >= 11 is 0. The summed E-state index contributed by atoms with van der Waals surface area (Å²) in [6, 6.07) is 23.0. The van der Waals surface area contributed by atoms with E-state index in [-0.39, 0.29) is 5.91 Å². The SMILES string of the molecule is CCCCC(=O)N(Cc1ccc(-c2cccc(C)c2C(=O)O)cc1)c1ccccc1. The molecule has 0 heterocycles. The number of hydrogen-bond donors (Lipinski definition) is 1. The Labute approximate surface area is 177 Å². The van der Waals surface area contributed by atoms with Gasteiger partial charge in [0.2, 0.25) is 5.91 Å². The lowest BCUT2D eigenvalue weighted by molar-refractivity contribution is -0.118. The van der Waals surface area contributed by atoms with E-state index < -0.39 is 5.97 Å². The van der Waals surface area contributed by atoms with Crippen LogP contribution in [-0.2, 0) is 11.3 Å². The van der Waals surface area contributed by atoms with E-state index in [0.29, 0.717) is 24.1 Å². The molecule has 0 bridgehead atoms. The summed E-state index contributed by atoms with van der Waals surface area (Å²) in [6.45, 7) is 4.36.